The van der Waals surface area contributed by atoms with Crippen LogP contribution in [-0.4, -0.2) is 18.4 Å². The first-order valence-electron chi connectivity index (χ1n) is 7.14. The van der Waals surface area contributed by atoms with Crippen LogP contribution in [0.1, 0.15) is 23.2 Å². The Labute approximate surface area is 132 Å². The number of carbonyl (C=O) groups excluding carboxylic acids is 2. The fourth-order valence-electron chi connectivity index (χ4n) is 1.94. The normalized spacial score (nSPS) is 10.2. The highest BCUT2D eigenvalue weighted by atomic mass is 19.2. The largest absolute Gasteiger partial charge is 0.352 e. The van der Waals surface area contributed by atoms with E-state index in [1.807, 2.05) is 6.07 Å². The fourth-order valence-corrected chi connectivity index (χ4v) is 1.94. The average Bonchev–Trinajstić information content (AvgIpc) is 2.55. The van der Waals surface area contributed by atoms with Gasteiger partial charge in [-0.3, -0.25) is 9.59 Å². The molecule has 0 aliphatic rings. The van der Waals surface area contributed by atoms with Crippen LogP contribution < -0.4 is 10.6 Å². The molecule has 0 unspecified atom stereocenters. The maximum atomic E-state index is 13.0. The molecule has 2 aromatic rings. The zero-order chi connectivity index (χ0) is 16.7. The summed E-state index contributed by atoms with van der Waals surface area (Å²) < 4.78 is 25.8. The molecule has 0 saturated heterocycles. The summed E-state index contributed by atoms with van der Waals surface area (Å²) in [4.78, 5) is 23.4. The zero-order valence-corrected chi connectivity index (χ0v) is 12.3. The van der Waals surface area contributed by atoms with Gasteiger partial charge in [-0.2, -0.15) is 0 Å². The van der Waals surface area contributed by atoms with Gasteiger partial charge in [0.05, 0.1) is 0 Å². The number of hydrogen-bond donors (Lipinski definition) is 2. The number of anilines is 1. The SMILES string of the molecule is O=C(CCCNC(=O)c1ccccc1)Nc1ccc(F)c(F)c1. The third kappa shape index (κ3) is 5.18. The van der Waals surface area contributed by atoms with Crippen LogP contribution in [-0.2, 0) is 4.79 Å². The van der Waals surface area contributed by atoms with E-state index in [-0.39, 0.29) is 23.9 Å². The Balaban J connectivity index is 1.70. The maximum Gasteiger partial charge on any atom is 0.251 e. The van der Waals surface area contributed by atoms with E-state index in [2.05, 4.69) is 10.6 Å². The van der Waals surface area contributed by atoms with Crippen molar-refractivity contribution >= 4 is 17.5 Å². The third-order valence-corrected chi connectivity index (χ3v) is 3.11. The van der Waals surface area contributed by atoms with Gasteiger partial charge in [-0.1, -0.05) is 18.2 Å². The van der Waals surface area contributed by atoms with Crippen molar-refractivity contribution in [2.45, 2.75) is 12.8 Å². The van der Waals surface area contributed by atoms with Gasteiger partial charge in [0.2, 0.25) is 5.91 Å². The second-order valence-corrected chi connectivity index (χ2v) is 4.90. The molecule has 2 rings (SSSR count). The first-order chi connectivity index (χ1) is 11.1. The second-order valence-electron chi connectivity index (χ2n) is 4.90. The Bertz CT molecular complexity index is 690. The number of amides is 2. The van der Waals surface area contributed by atoms with Crippen LogP contribution in [0.3, 0.4) is 0 Å². The van der Waals surface area contributed by atoms with Crippen LogP contribution in [0.25, 0.3) is 0 Å². The van der Waals surface area contributed by atoms with E-state index in [0.29, 0.717) is 18.5 Å². The Morgan fingerprint density at radius 2 is 1.70 bits per heavy atom. The summed E-state index contributed by atoms with van der Waals surface area (Å²) >= 11 is 0. The van der Waals surface area contributed by atoms with Crippen LogP contribution in [0, 0.1) is 11.6 Å². The van der Waals surface area contributed by atoms with Gasteiger partial charge in [0.1, 0.15) is 0 Å². The Morgan fingerprint density at radius 3 is 2.39 bits per heavy atom. The summed E-state index contributed by atoms with van der Waals surface area (Å²) in [6.07, 6.45) is 0.599. The number of rotatable bonds is 6. The summed E-state index contributed by atoms with van der Waals surface area (Å²) in [5.74, 6) is -2.51. The Kier molecular flexibility index (Phi) is 5.80. The Morgan fingerprint density at radius 1 is 0.957 bits per heavy atom. The number of halogens is 2. The van der Waals surface area contributed by atoms with Crippen molar-refractivity contribution in [3.63, 3.8) is 0 Å². The van der Waals surface area contributed by atoms with Crippen molar-refractivity contribution in [2.24, 2.45) is 0 Å². The summed E-state index contributed by atoms with van der Waals surface area (Å²) in [6, 6.07) is 11.9. The molecule has 23 heavy (non-hydrogen) atoms. The van der Waals surface area contributed by atoms with Gasteiger partial charge in [0.15, 0.2) is 11.6 Å². The van der Waals surface area contributed by atoms with Gasteiger partial charge in [-0.15, -0.1) is 0 Å². The smallest absolute Gasteiger partial charge is 0.251 e. The summed E-state index contributed by atoms with van der Waals surface area (Å²) in [5, 5.41) is 5.18. The molecule has 2 aromatic carbocycles. The summed E-state index contributed by atoms with van der Waals surface area (Å²) in [5.41, 5.74) is 0.751. The number of benzene rings is 2. The van der Waals surface area contributed by atoms with Crippen LogP contribution in [0.4, 0.5) is 14.5 Å². The molecule has 4 nitrogen and oxygen atoms in total. The lowest BCUT2D eigenvalue weighted by molar-refractivity contribution is -0.116. The summed E-state index contributed by atoms with van der Waals surface area (Å²) in [6.45, 7) is 0.346. The maximum absolute atomic E-state index is 13.0. The molecule has 0 aliphatic carbocycles. The minimum atomic E-state index is -1.02. The minimum Gasteiger partial charge on any atom is -0.352 e. The Hall–Kier alpha value is -2.76. The van der Waals surface area contributed by atoms with Crippen molar-refractivity contribution in [1.29, 1.82) is 0 Å². The second kappa shape index (κ2) is 8.03. The number of hydrogen-bond acceptors (Lipinski definition) is 2. The number of carbonyl (C=O) groups is 2. The molecule has 0 spiro atoms. The standard InChI is InChI=1S/C17H16F2N2O2/c18-14-9-8-13(11-15(14)19)21-16(22)7-4-10-20-17(23)12-5-2-1-3-6-12/h1-3,5-6,8-9,11H,4,7,10H2,(H,20,23)(H,21,22). The molecule has 0 aliphatic heterocycles. The van der Waals surface area contributed by atoms with E-state index in [9.17, 15) is 18.4 Å². The van der Waals surface area contributed by atoms with E-state index in [1.54, 1.807) is 24.3 Å². The van der Waals surface area contributed by atoms with Gasteiger partial charge in [0, 0.05) is 30.3 Å². The van der Waals surface area contributed by atoms with Crippen LogP contribution >= 0.6 is 0 Å². The van der Waals surface area contributed by atoms with Crippen LogP contribution in [0.2, 0.25) is 0 Å². The van der Waals surface area contributed by atoms with E-state index in [4.69, 9.17) is 0 Å². The lowest BCUT2D eigenvalue weighted by atomic mass is 10.2. The minimum absolute atomic E-state index is 0.161. The van der Waals surface area contributed by atoms with Crippen molar-refractivity contribution in [3.05, 3.63) is 65.7 Å². The molecule has 6 heteroatoms. The predicted molar refractivity (Wildman–Crippen MR) is 83.0 cm³/mol. The van der Waals surface area contributed by atoms with Gasteiger partial charge >= 0.3 is 0 Å². The molecule has 0 aromatic heterocycles. The average molecular weight is 318 g/mol. The molecular weight excluding hydrogens is 302 g/mol. The quantitative estimate of drug-likeness (QED) is 0.804. The molecule has 0 bridgehead atoms. The zero-order valence-electron chi connectivity index (χ0n) is 12.3. The molecule has 0 saturated carbocycles. The molecule has 2 N–H and O–H groups in total. The molecule has 0 atom stereocenters. The van der Waals surface area contributed by atoms with E-state index >= 15 is 0 Å². The van der Waals surface area contributed by atoms with Crippen LogP contribution in [0.5, 0.6) is 0 Å². The lowest BCUT2D eigenvalue weighted by Crippen LogP contribution is -2.25. The predicted octanol–water partition coefficient (Wildman–Crippen LogP) is 3.11. The van der Waals surface area contributed by atoms with Crippen molar-refractivity contribution < 1.29 is 18.4 Å². The molecular formula is C17H16F2N2O2. The van der Waals surface area contributed by atoms with Gasteiger partial charge < -0.3 is 10.6 Å². The van der Waals surface area contributed by atoms with Crippen molar-refractivity contribution in [1.82, 2.24) is 5.32 Å². The molecule has 0 radical (unpaired) electrons. The lowest BCUT2D eigenvalue weighted by Gasteiger charge is -2.07. The van der Waals surface area contributed by atoms with Crippen molar-refractivity contribution in [2.75, 3.05) is 11.9 Å². The highest BCUT2D eigenvalue weighted by Crippen LogP contribution is 2.13. The number of nitrogens with one attached hydrogen (secondary N) is 2. The van der Waals surface area contributed by atoms with Crippen molar-refractivity contribution in [3.8, 4) is 0 Å². The molecule has 0 heterocycles. The third-order valence-electron chi connectivity index (χ3n) is 3.11. The highest BCUT2D eigenvalue weighted by molar-refractivity contribution is 5.94. The molecule has 0 fully saturated rings. The van der Waals surface area contributed by atoms with Gasteiger partial charge in [0.25, 0.3) is 5.91 Å². The van der Waals surface area contributed by atoms with E-state index in [0.717, 1.165) is 12.1 Å². The van der Waals surface area contributed by atoms with Crippen LogP contribution in [0.15, 0.2) is 48.5 Å². The van der Waals surface area contributed by atoms with E-state index < -0.39 is 11.6 Å². The topological polar surface area (TPSA) is 58.2 Å². The first-order valence-corrected chi connectivity index (χ1v) is 7.14. The molecule has 120 valence electrons. The van der Waals surface area contributed by atoms with Gasteiger partial charge in [-0.25, -0.2) is 8.78 Å². The van der Waals surface area contributed by atoms with Gasteiger partial charge in [-0.05, 0) is 30.7 Å². The monoisotopic (exact) mass is 318 g/mol. The summed E-state index contributed by atoms with van der Waals surface area (Å²) in [7, 11) is 0. The first kappa shape index (κ1) is 16.6. The highest BCUT2D eigenvalue weighted by Gasteiger charge is 2.07. The molecule has 2 amide bonds. The van der Waals surface area contributed by atoms with E-state index in [1.165, 1.54) is 6.07 Å². The fraction of sp³-hybridized carbons (Fsp3) is 0.176.